The molecule has 25 heavy (non-hydrogen) atoms. The van der Waals surface area contributed by atoms with Gasteiger partial charge in [0.05, 0.1) is 22.2 Å². The molecule has 2 N–H and O–H groups in total. The number of pyridine rings is 1. The maximum absolute atomic E-state index is 12.1. The number of nitrogens with one attached hydrogen (secondary N) is 2. The monoisotopic (exact) mass is 392 g/mol. The predicted molar refractivity (Wildman–Crippen MR) is 103 cm³/mol. The van der Waals surface area contributed by atoms with Gasteiger partial charge >= 0.3 is 0 Å². The Morgan fingerprint density at radius 2 is 2.04 bits per heavy atom. The number of carbonyl (C=O) groups excluding carboxylic acids is 1. The molecule has 0 spiro atoms. The Bertz CT molecular complexity index is 913. The van der Waals surface area contributed by atoms with Gasteiger partial charge in [-0.15, -0.1) is 11.3 Å². The third kappa shape index (κ3) is 4.92. The van der Waals surface area contributed by atoms with Crippen LogP contribution >= 0.6 is 34.5 Å². The van der Waals surface area contributed by atoms with Gasteiger partial charge in [-0.1, -0.05) is 23.2 Å². The number of aryl methyl sites for hydroxylation is 1. The van der Waals surface area contributed by atoms with Crippen molar-refractivity contribution in [3.63, 3.8) is 0 Å². The van der Waals surface area contributed by atoms with Crippen LogP contribution in [0.5, 0.6) is 0 Å². The van der Waals surface area contributed by atoms with E-state index in [9.17, 15) is 4.79 Å². The summed E-state index contributed by atoms with van der Waals surface area (Å²) in [5, 5.41) is 9.28. The Labute approximate surface area is 159 Å². The molecule has 1 aromatic carbocycles. The van der Waals surface area contributed by atoms with Crippen LogP contribution in [0.4, 0.5) is 16.6 Å². The first kappa shape index (κ1) is 17.7. The minimum Gasteiger partial charge on any atom is -0.326 e. The van der Waals surface area contributed by atoms with Crippen molar-refractivity contribution in [2.24, 2.45) is 0 Å². The standard InChI is InChI=1S/C17H14Cl2N4OS/c1-10-4-5-20-15(6-10)23-17-22-12(9-25-17)8-16(24)21-11-2-3-13(18)14(19)7-11/h2-7,9H,8H2,1H3,(H,21,24)(H,20,22,23). The predicted octanol–water partition coefficient (Wildman–Crippen LogP) is 5.08. The Morgan fingerprint density at radius 3 is 2.80 bits per heavy atom. The van der Waals surface area contributed by atoms with E-state index in [0.29, 0.717) is 26.6 Å². The van der Waals surface area contributed by atoms with Crippen molar-refractivity contribution in [2.75, 3.05) is 10.6 Å². The molecule has 0 aliphatic heterocycles. The number of amides is 1. The lowest BCUT2D eigenvalue weighted by Crippen LogP contribution is -2.14. The summed E-state index contributed by atoms with van der Waals surface area (Å²) in [5.41, 5.74) is 2.38. The second kappa shape index (κ2) is 7.82. The fourth-order valence-electron chi connectivity index (χ4n) is 2.10. The molecule has 2 aromatic heterocycles. The summed E-state index contributed by atoms with van der Waals surface area (Å²) in [6, 6.07) is 8.80. The number of hydrogen-bond donors (Lipinski definition) is 2. The van der Waals surface area contributed by atoms with Gasteiger partial charge in [0.15, 0.2) is 5.13 Å². The number of halogens is 2. The topological polar surface area (TPSA) is 66.9 Å². The van der Waals surface area contributed by atoms with Crippen molar-refractivity contribution in [2.45, 2.75) is 13.3 Å². The van der Waals surface area contributed by atoms with Crippen molar-refractivity contribution in [1.82, 2.24) is 9.97 Å². The lowest BCUT2D eigenvalue weighted by molar-refractivity contribution is -0.115. The number of thiazole rings is 1. The number of nitrogens with zero attached hydrogens (tertiary/aromatic N) is 2. The van der Waals surface area contributed by atoms with Crippen LogP contribution in [-0.4, -0.2) is 15.9 Å². The van der Waals surface area contributed by atoms with Crippen LogP contribution in [0.25, 0.3) is 0 Å². The number of benzene rings is 1. The van der Waals surface area contributed by atoms with Crippen LogP contribution < -0.4 is 10.6 Å². The smallest absolute Gasteiger partial charge is 0.230 e. The van der Waals surface area contributed by atoms with Gasteiger partial charge in [-0.25, -0.2) is 9.97 Å². The SMILES string of the molecule is Cc1ccnc(Nc2nc(CC(=O)Nc3ccc(Cl)c(Cl)c3)cs2)c1. The van der Waals surface area contributed by atoms with Gasteiger partial charge in [0, 0.05) is 17.3 Å². The molecule has 128 valence electrons. The Kier molecular flexibility index (Phi) is 5.53. The van der Waals surface area contributed by atoms with E-state index in [1.165, 1.54) is 11.3 Å². The summed E-state index contributed by atoms with van der Waals surface area (Å²) in [4.78, 5) is 20.8. The Morgan fingerprint density at radius 1 is 1.20 bits per heavy atom. The molecule has 0 atom stereocenters. The first-order valence-electron chi connectivity index (χ1n) is 7.38. The molecule has 5 nitrogen and oxygen atoms in total. The van der Waals surface area contributed by atoms with Gasteiger partial charge in [0.25, 0.3) is 0 Å². The molecule has 0 saturated carbocycles. The average Bonchev–Trinajstić information content (AvgIpc) is 2.98. The van der Waals surface area contributed by atoms with Gasteiger partial charge in [0.2, 0.25) is 5.91 Å². The number of anilines is 3. The molecule has 1 amide bonds. The third-order valence-electron chi connectivity index (χ3n) is 3.25. The van der Waals surface area contributed by atoms with Crippen molar-refractivity contribution >= 4 is 57.1 Å². The van der Waals surface area contributed by atoms with E-state index in [1.807, 2.05) is 24.4 Å². The number of rotatable bonds is 5. The summed E-state index contributed by atoms with van der Waals surface area (Å²) in [7, 11) is 0. The average molecular weight is 393 g/mol. The number of hydrogen-bond acceptors (Lipinski definition) is 5. The number of aromatic nitrogens is 2. The number of carbonyl (C=O) groups is 1. The summed E-state index contributed by atoms with van der Waals surface area (Å²) >= 11 is 13.2. The highest BCUT2D eigenvalue weighted by atomic mass is 35.5. The van der Waals surface area contributed by atoms with Crippen LogP contribution in [0.2, 0.25) is 10.0 Å². The third-order valence-corrected chi connectivity index (χ3v) is 4.79. The van der Waals surface area contributed by atoms with E-state index in [-0.39, 0.29) is 12.3 Å². The minimum atomic E-state index is -0.177. The van der Waals surface area contributed by atoms with Crippen LogP contribution in [-0.2, 0) is 11.2 Å². The highest BCUT2D eigenvalue weighted by molar-refractivity contribution is 7.13. The normalized spacial score (nSPS) is 10.5. The maximum Gasteiger partial charge on any atom is 0.230 e. The molecule has 0 radical (unpaired) electrons. The molecule has 3 rings (SSSR count). The zero-order valence-electron chi connectivity index (χ0n) is 13.2. The summed E-state index contributed by atoms with van der Waals surface area (Å²) in [5.74, 6) is 0.546. The second-order valence-electron chi connectivity index (χ2n) is 5.34. The summed E-state index contributed by atoms with van der Waals surface area (Å²) in [6.07, 6.45) is 1.90. The first-order chi connectivity index (χ1) is 12.0. The van der Waals surface area contributed by atoms with E-state index in [4.69, 9.17) is 23.2 Å². The summed E-state index contributed by atoms with van der Waals surface area (Å²) < 4.78 is 0. The highest BCUT2D eigenvalue weighted by Gasteiger charge is 2.10. The van der Waals surface area contributed by atoms with E-state index in [2.05, 4.69) is 20.6 Å². The van der Waals surface area contributed by atoms with Gasteiger partial charge < -0.3 is 10.6 Å². The molecular formula is C17H14Cl2N4OS. The molecule has 0 unspecified atom stereocenters. The van der Waals surface area contributed by atoms with Gasteiger partial charge in [-0.3, -0.25) is 4.79 Å². The first-order valence-corrected chi connectivity index (χ1v) is 9.02. The fourth-order valence-corrected chi connectivity index (χ4v) is 3.12. The van der Waals surface area contributed by atoms with Crippen LogP contribution in [0.3, 0.4) is 0 Å². The van der Waals surface area contributed by atoms with E-state index >= 15 is 0 Å². The minimum absolute atomic E-state index is 0.166. The fraction of sp³-hybridized carbons (Fsp3) is 0.118. The molecule has 2 heterocycles. The Balaban J connectivity index is 1.60. The van der Waals surface area contributed by atoms with E-state index < -0.39 is 0 Å². The van der Waals surface area contributed by atoms with Gasteiger partial charge in [-0.2, -0.15) is 0 Å². The second-order valence-corrected chi connectivity index (χ2v) is 7.01. The summed E-state index contributed by atoms with van der Waals surface area (Å²) in [6.45, 7) is 1.99. The zero-order valence-corrected chi connectivity index (χ0v) is 15.5. The zero-order chi connectivity index (χ0) is 17.8. The lowest BCUT2D eigenvalue weighted by Gasteiger charge is -2.05. The van der Waals surface area contributed by atoms with Gasteiger partial charge in [0.1, 0.15) is 5.82 Å². The molecule has 0 aliphatic rings. The molecule has 0 aliphatic carbocycles. The van der Waals surface area contributed by atoms with Crippen LogP contribution in [0.15, 0.2) is 41.9 Å². The van der Waals surface area contributed by atoms with E-state index in [1.54, 1.807) is 24.4 Å². The van der Waals surface area contributed by atoms with Crippen molar-refractivity contribution in [3.8, 4) is 0 Å². The highest BCUT2D eigenvalue weighted by Crippen LogP contribution is 2.25. The van der Waals surface area contributed by atoms with Crippen LogP contribution in [0.1, 0.15) is 11.3 Å². The molecular weight excluding hydrogens is 379 g/mol. The Hall–Kier alpha value is -2.15. The molecule has 8 heteroatoms. The molecule has 0 saturated heterocycles. The largest absolute Gasteiger partial charge is 0.326 e. The van der Waals surface area contributed by atoms with Crippen LogP contribution in [0, 0.1) is 6.92 Å². The van der Waals surface area contributed by atoms with Gasteiger partial charge in [-0.05, 0) is 42.8 Å². The quantitative estimate of drug-likeness (QED) is 0.635. The van der Waals surface area contributed by atoms with Crippen molar-refractivity contribution < 1.29 is 4.79 Å². The molecule has 3 aromatic rings. The van der Waals surface area contributed by atoms with Crippen molar-refractivity contribution in [3.05, 3.63) is 63.2 Å². The van der Waals surface area contributed by atoms with Crippen molar-refractivity contribution in [1.29, 1.82) is 0 Å². The molecule has 0 fully saturated rings. The lowest BCUT2D eigenvalue weighted by atomic mass is 10.3. The maximum atomic E-state index is 12.1. The molecule has 0 bridgehead atoms. The van der Waals surface area contributed by atoms with E-state index in [0.717, 1.165) is 11.4 Å².